The van der Waals surface area contributed by atoms with Crippen molar-refractivity contribution in [1.82, 2.24) is 19.3 Å². The molecule has 128 valence electrons. The molecular formula is C18H17ClN4O2. The van der Waals surface area contributed by atoms with Gasteiger partial charge < -0.3 is 9.64 Å². The summed E-state index contributed by atoms with van der Waals surface area (Å²) >= 11 is 6.10. The molecule has 6 nitrogen and oxygen atoms in total. The fourth-order valence-corrected chi connectivity index (χ4v) is 3.36. The van der Waals surface area contributed by atoms with Gasteiger partial charge in [0.1, 0.15) is 17.9 Å². The molecule has 2 aromatic heterocycles. The molecule has 25 heavy (non-hydrogen) atoms. The van der Waals surface area contributed by atoms with Gasteiger partial charge in [-0.15, -0.1) is 0 Å². The van der Waals surface area contributed by atoms with Crippen LogP contribution < -0.4 is 0 Å². The fraction of sp³-hybridized carbons (Fsp3) is 0.278. The largest absolute Gasteiger partial charge is 0.445 e. The molecule has 0 bridgehead atoms. The molecule has 0 radical (unpaired) electrons. The molecule has 1 fully saturated rings. The normalized spacial score (nSPS) is 17.2. The third-order valence-corrected chi connectivity index (χ3v) is 4.75. The van der Waals surface area contributed by atoms with Gasteiger partial charge in [-0.1, -0.05) is 41.9 Å². The lowest BCUT2D eigenvalue weighted by Gasteiger charge is -2.16. The zero-order chi connectivity index (χ0) is 17.2. The average molecular weight is 357 g/mol. The molecule has 3 heterocycles. The lowest BCUT2D eigenvalue weighted by molar-refractivity contribution is 0.104. The van der Waals surface area contributed by atoms with E-state index in [0.717, 1.165) is 23.3 Å². The van der Waals surface area contributed by atoms with Crippen LogP contribution in [0.1, 0.15) is 23.7 Å². The van der Waals surface area contributed by atoms with E-state index in [-0.39, 0.29) is 18.6 Å². The molecule has 7 heteroatoms. The number of hydrogen-bond acceptors (Lipinski definition) is 4. The van der Waals surface area contributed by atoms with Gasteiger partial charge in [0.05, 0.1) is 6.20 Å². The maximum Gasteiger partial charge on any atom is 0.410 e. The number of fused-ring (bicyclic) bond motifs is 1. The smallest absolute Gasteiger partial charge is 0.410 e. The number of aromatic nitrogens is 3. The molecule has 0 N–H and O–H groups in total. The first kappa shape index (κ1) is 15.9. The number of halogens is 1. The van der Waals surface area contributed by atoms with Crippen molar-refractivity contribution in [2.45, 2.75) is 18.9 Å². The average Bonchev–Trinajstić information content (AvgIpc) is 3.28. The fourth-order valence-electron chi connectivity index (χ4n) is 3.17. The number of benzene rings is 1. The minimum absolute atomic E-state index is 0.158. The Bertz CT molecular complexity index is 896. The number of carbonyl (C=O) groups is 1. The summed E-state index contributed by atoms with van der Waals surface area (Å²) in [4.78, 5) is 22.6. The minimum atomic E-state index is -0.285. The molecule has 0 spiro atoms. The molecule has 0 aliphatic carbocycles. The Labute approximate surface area is 150 Å². The van der Waals surface area contributed by atoms with Crippen molar-refractivity contribution in [3.05, 3.63) is 65.5 Å². The Kier molecular flexibility index (Phi) is 4.28. The van der Waals surface area contributed by atoms with Crippen molar-refractivity contribution in [3.8, 4) is 0 Å². The molecule has 1 aromatic carbocycles. The first-order chi connectivity index (χ1) is 12.2. The van der Waals surface area contributed by atoms with Gasteiger partial charge in [0.25, 0.3) is 0 Å². The van der Waals surface area contributed by atoms with Crippen LogP contribution in [0.2, 0.25) is 5.15 Å². The van der Waals surface area contributed by atoms with Gasteiger partial charge >= 0.3 is 6.09 Å². The second-order valence-corrected chi connectivity index (χ2v) is 6.42. The summed E-state index contributed by atoms with van der Waals surface area (Å²) < 4.78 is 7.36. The van der Waals surface area contributed by atoms with Crippen molar-refractivity contribution in [2.75, 3.05) is 13.1 Å². The van der Waals surface area contributed by atoms with E-state index in [2.05, 4.69) is 9.97 Å². The van der Waals surface area contributed by atoms with Gasteiger partial charge in [-0.05, 0) is 12.0 Å². The number of hydrogen-bond donors (Lipinski definition) is 0. The molecule has 1 atom stereocenters. The molecule has 4 rings (SSSR count). The monoisotopic (exact) mass is 356 g/mol. The Morgan fingerprint density at radius 2 is 2.12 bits per heavy atom. The maximum atomic E-state index is 12.3. The Morgan fingerprint density at radius 1 is 1.28 bits per heavy atom. The van der Waals surface area contributed by atoms with Crippen LogP contribution in [-0.4, -0.2) is 38.5 Å². The summed E-state index contributed by atoms with van der Waals surface area (Å²) in [6, 6.07) is 9.67. The van der Waals surface area contributed by atoms with Crippen LogP contribution in [0.25, 0.3) is 5.52 Å². The molecular weight excluding hydrogens is 340 g/mol. The first-order valence-corrected chi connectivity index (χ1v) is 8.53. The molecule has 1 aliphatic rings. The van der Waals surface area contributed by atoms with Crippen LogP contribution in [0.5, 0.6) is 0 Å². The zero-order valence-electron chi connectivity index (χ0n) is 13.5. The number of nitrogens with zero attached hydrogens (tertiary/aromatic N) is 4. The topological polar surface area (TPSA) is 59.7 Å². The molecule has 1 aliphatic heterocycles. The number of amides is 1. The quantitative estimate of drug-likeness (QED) is 0.720. The highest BCUT2D eigenvalue weighted by Crippen LogP contribution is 2.28. The third-order valence-electron chi connectivity index (χ3n) is 4.46. The number of ether oxygens (including phenoxy) is 1. The van der Waals surface area contributed by atoms with Gasteiger partial charge in [-0.25, -0.2) is 14.8 Å². The molecule has 1 saturated heterocycles. The van der Waals surface area contributed by atoms with Crippen molar-refractivity contribution < 1.29 is 9.53 Å². The molecule has 3 aromatic rings. The zero-order valence-corrected chi connectivity index (χ0v) is 14.3. The summed E-state index contributed by atoms with van der Waals surface area (Å²) in [7, 11) is 0. The van der Waals surface area contributed by atoms with E-state index in [9.17, 15) is 4.79 Å². The summed E-state index contributed by atoms with van der Waals surface area (Å²) in [5, 5.41) is 0.429. The number of carbonyl (C=O) groups excluding carboxylic acids is 1. The predicted octanol–water partition coefficient (Wildman–Crippen LogP) is 3.51. The van der Waals surface area contributed by atoms with E-state index >= 15 is 0 Å². The number of imidazole rings is 1. The second-order valence-electron chi connectivity index (χ2n) is 6.06. The highest BCUT2D eigenvalue weighted by molar-refractivity contribution is 6.32. The van der Waals surface area contributed by atoms with Crippen molar-refractivity contribution in [2.24, 2.45) is 0 Å². The van der Waals surface area contributed by atoms with Crippen LogP contribution >= 0.6 is 11.6 Å². The van der Waals surface area contributed by atoms with Crippen LogP contribution in [-0.2, 0) is 11.3 Å². The van der Waals surface area contributed by atoms with E-state index in [1.807, 2.05) is 40.9 Å². The predicted molar refractivity (Wildman–Crippen MR) is 93.6 cm³/mol. The summed E-state index contributed by atoms with van der Waals surface area (Å²) in [6.45, 7) is 1.53. The maximum absolute atomic E-state index is 12.3. The van der Waals surface area contributed by atoms with Gasteiger partial charge in [0.15, 0.2) is 5.15 Å². The SMILES string of the molecule is O=C(OCc1ccccc1)N1CCC(c2ncc3c(Cl)nccn23)C1. The van der Waals surface area contributed by atoms with Crippen LogP contribution in [0.4, 0.5) is 4.79 Å². The van der Waals surface area contributed by atoms with Crippen LogP contribution in [0, 0.1) is 0 Å². The van der Waals surface area contributed by atoms with Gasteiger partial charge in [0, 0.05) is 31.4 Å². The van der Waals surface area contributed by atoms with Crippen LogP contribution in [0.15, 0.2) is 48.9 Å². The molecule has 0 saturated carbocycles. The van der Waals surface area contributed by atoms with Gasteiger partial charge in [-0.3, -0.25) is 4.40 Å². The minimum Gasteiger partial charge on any atom is -0.445 e. The Hall–Kier alpha value is -2.60. The van der Waals surface area contributed by atoms with Crippen molar-refractivity contribution in [3.63, 3.8) is 0 Å². The lowest BCUT2D eigenvalue weighted by Crippen LogP contribution is -2.29. The lowest BCUT2D eigenvalue weighted by atomic mass is 10.1. The van der Waals surface area contributed by atoms with Crippen molar-refractivity contribution in [1.29, 1.82) is 0 Å². The first-order valence-electron chi connectivity index (χ1n) is 8.15. The standard InChI is InChI=1S/C18H17ClN4O2/c19-16-15-10-21-17(23(15)9-7-20-16)14-6-8-22(11-14)18(24)25-12-13-4-2-1-3-5-13/h1-5,7,9-10,14H,6,8,11-12H2. The van der Waals surface area contributed by atoms with Crippen molar-refractivity contribution >= 4 is 23.2 Å². The van der Waals surface area contributed by atoms with Gasteiger partial charge in [0.2, 0.25) is 0 Å². The van der Waals surface area contributed by atoms with E-state index in [1.165, 1.54) is 0 Å². The highest BCUT2D eigenvalue weighted by atomic mass is 35.5. The van der Waals surface area contributed by atoms with E-state index in [4.69, 9.17) is 16.3 Å². The van der Waals surface area contributed by atoms with E-state index < -0.39 is 0 Å². The summed E-state index contributed by atoms with van der Waals surface area (Å²) in [5.41, 5.74) is 1.76. The Morgan fingerprint density at radius 3 is 2.96 bits per heavy atom. The van der Waals surface area contributed by atoms with E-state index in [1.54, 1.807) is 17.3 Å². The molecule has 1 unspecified atom stereocenters. The highest BCUT2D eigenvalue weighted by Gasteiger charge is 2.31. The summed E-state index contributed by atoms with van der Waals surface area (Å²) in [5.74, 6) is 1.06. The molecule has 1 amide bonds. The number of likely N-dealkylation sites (tertiary alicyclic amines) is 1. The Balaban J connectivity index is 1.42. The third kappa shape index (κ3) is 3.17. The summed E-state index contributed by atoms with van der Waals surface area (Å²) in [6.07, 6.45) is 5.79. The van der Waals surface area contributed by atoms with Gasteiger partial charge in [-0.2, -0.15) is 0 Å². The van der Waals surface area contributed by atoms with Crippen LogP contribution in [0.3, 0.4) is 0 Å². The number of rotatable bonds is 3. The second kappa shape index (κ2) is 6.72. The van der Waals surface area contributed by atoms with E-state index in [0.29, 0.717) is 18.2 Å².